The summed E-state index contributed by atoms with van der Waals surface area (Å²) < 4.78 is 0. The molecule has 3 heteroatoms. The van der Waals surface area contributed by atoms with E-state index in [2.05, 4.69) is 35.3 Å². The molecule has 1 aliphatic heterocycles. The van der Waals surface area contributed by atoms with Gasteiger partial charge in [-0.3, -0.25) is 4.79 Å². The molecule has 26 heavy (non-hydrogen) atoms. The fourth-order valence-electron chi connectivity index (χ4n) is 3.97. The first-order chi connectivity index (χ1) is 12.8. The van der Waals surface area contributed by atoms with Crippen LogP contribution in [0.5, 0.6) is 0 Å². The predicted molar refractivity (Wildman–Crippen MR) is 103 cm³/mol. The number of amides is 1. The van der Waals surface area contributed by atoms with Crippen LogP contribution in [0.4, 0.5) is 0 Å². The Morgan fingerprint density at radius 2 is 1.54 bits per heavy atom. The Kier molecular flexibility index (Phi) is 3.39. The molecule has 5 rings (SSSR count). The smallest absolute Gasteiger partial charge is 0.255 e. The van der Waals surface area contributed by atoms with E-state index >= 15 is 0 Å². The Morgan fingerprint density at radius 1 is 0.808 bits per heavy atom. The van der Waals surface area contributed by atoms with Crippen molar-refractivity contribution in [2.75, 3.05) is 0 Å². The maximum absolute atomic E-state index is 13.2. The molecule has 3 nitrogen and oxygen atoms in total. The van der Waals surface area contributed by atoms with E-state index in [9.17, 15) is 4.79 Å². The normalized spacial score (nSPS) is 16.2. The number of hydrogen-bond acceptors (Lipinski definition) is 1. The molecule has 0 saturated carbocycles. The first kappa shape index (κ1) is 15.0. The van der Waals surface area contributed by atoms with Crippen LogP contribution in [0.15, 0.2) is 85.1 Å². The van der Waals surface area contributed by atoms with Gasteiger partial charge in [-0.2, -0.15) is 0 Å². The second-order valence-electron chi connectivity index (χ2n) is 6.70. The Labute approximate surface area is 151 Å². The van der Waals surface area contributed by atoms with Crippen molar-refractivity contribution >= 4 is 16.8 Å². The van der Waals surface area contributed by atoms with Crippen molar-refractivity contribution in [3.63, 3.8) is 0 Å². The second kappa shape index (κ2) is 5.88. The Morgan fingerprint density at radius 3 is 2.42 bits per heavy atom. The van der Waals surface area contributed by atoms with Gasteiger partial charge in [0.05, 0.1) is 6.04 Å². The molecule has 1 atom stereocenters. The van der Waals surface area contributed by atoms with Gasteiger partial charge in [-0.25, -0.2) is 0 Å². The zero-order valence-electron chi connectivity index (χ0n) is 14.2. The van der Waals surface area contributed by atoms with Gasteiger partial charge >= 0.3 is 0 Å². The van der Waals surface area contributed by atoms with Crippen molar-refractivity contribution in [3.8, 4) is 0 Å². The van der Waals surface area contributed by atoms with Crippen LogP contribution in [-0.2, 0) is 6.54 Å². The number of carbonyl (C=O) groups excluding carboxylic acids is 1. The minimum absolute atomic E-state index is 0.0740. The topological polar surface area (TPSA) is 36.1 Å². The highest BCUT2D eigenvalue weighted by molar-refractivity contribution is 6.00. The van der Waals surface area contributed by atoms with Crippen LogP contribution < -0.4 is 0 Å². The SMILES string of the molecule is O=C1c2ccccc2C(c2c[nH]c3ccccc23)N1Cc1ccccc1. The maximum atomic E-state index is 13.2. The highest BCUT2D eigenvalue weighted by atomic mass is 16.2. The van der Waals surface area contributed by atoms with E-state index in [-0.39, 0.29) is 11.9 Å². The summed E-state index contributed by atoms with van der Waals surface area (Å²) in [5, 5.41) is 1.17. The van der Waals surface area contributed by atoms with Gasteiger partial charge in [-0.05, 0) is 23.3 Å². The summed E-state index contributed by atoms with van der Waals surface area (Å²) in [5.41, 5.74) is 5.27. The fourth-order valence-corrected chi connectivity index (χ4v) is 3.97. The maximum Gasteiger partial charge on any atom is 0.255 e. The molecule has 1 amide bonds. The van der Waals surface area contributed by atoms with Gasteiger partial charge in [0.1, 0.15) is 0 Å². The highest BCUT2D eigenvalue weighted by Crippen LogP contribution is 2.41. The number of para-hydroxylation sites is 1. The van der Waals surface area contributed by atoms with E-state index in [4.69, 9.17) is 0 Å². The van der Waals surface area contributed by atoms with Crippen LogP contribution in [0.3, 0.4) is 0 Å². The lowest BCUT2D eigenvalue weighted by atomic mass is 9.97. The van der Waals surface area contributed by atoms with Crippen molar-refractivity contribution in [1.29, 1.82) is 0 Å². The third kappa shape index (κ3) is 2.25. The molecular formula is C23H18N2O. The average molecular weight is 338 g/mol. The molecular weight excluding hydrogens is 320 g/mol. The molecule has 0 fully saturated rings. The molecule has 0 aliphatic carbocycles. The predicted octanol–water partition coefficient (Wildman–Crippen LogP) is 4.91. The average Bonchev–Trinajstić information content (AvgIpc) is 3.23. The lowest BCUT2D eigenvalue weighted by Gasteiger charge is -2.25. The summed E-state index contributed by atoms with van der Waals surface area (Å²) in [6.07, 6.45) is 2.04. The van der Waals surface area contributed by atoms with Crippen molar-refractivity contribution in [3.05, 3.63) is 107 Å². The number of hydrogen-bond donors (Lipinski definition) is 1. The highest BCUT2D eigenvalue weighted by Gasteiger charge is 2.38. The zero-order valence-corrected chi connectivity index (χ0v) is 14.2. The molecule has 2 heterocycles. The molecule has 126 valence electrons. The van der Waals surface area contributed by atoms with Crippen molar-refractivity contribution in [1.82, 2.24) is 9.88 Å². The molecule has 0 bridgehead atoms. The van der Waals surface area contributed by atoms with Crippen molar-refractivity contribution in [2.45, 2.75) is 12.6 Å². The van der Waals surface area contributed by atoms with Gasteiger partial charge in [-0.15, -0.1) is 0 Å². The zero-order chi connectivity index (χ0) is 17.5. The summed E-state index contributed by atoms with van der Waals surface area (Å²) in [7, 11) is 0. The summed E-state index contributed by atoms with van der Waals surface area (Å²) in [6.45, 7) is 0.596. The third-order valence-electron chi connectivity index (χ3n) is 5.17. The van der Waals surface area contributed by atoms with Crippen LogP contribution in [0, 0.1) is 0 Å². The van der Waals surface area contributed by atoms with Crippen LogP contribution in [0.1, 0.15) is 33.1 Å². The summed E-state index contributed by atoms with van der Waals surface area (Å²) in [4.78, 5) is 18.5. The monoisotopic (exact) mass is 338 g/mol. The number of aromatic nitrogens is 1. The first-order valence-corrected chi connectivity index (χ1v) is 8.83. The van der Waals surface area contributed by atoms with Crippen molar-refractivity contribution < 1.29 is 4.79 Å². The molecule has 4 aromatic rings. The number of nitrogens with zero attached hydrogens (tertiary/aromatic N) is 1. The Balaban J connectivity index is 1.67. The van der Waals surface area contributed by atoms with Crippen LogP contribution in [-0.4, -0.2) is 15.8 Å². The van der Waals surface area contributed by atoms with Gasteiger partial charge in [0.15, 0.2) is 0 Å². The number of H-pyrrole nitrogens is 1. The minimum Gasteiger partial charge on any atom is -0.361 e. The second-order valence-corrected chi connectivity index (χ2v) is 6.70. The van der Waals surface area contributed by atoms with E-state index in [0.717, 1.165) is 27.8 Å². The molecule has 1 aromatic heterocycles. The minimum atomic E-state index is -0.0740. The van der Waals surface area contributed by atoms with E-state index in [1.54, 1.807) is 0 Å². The molecule has 1 aliphatic rings. The molecule has 1 unspecified atom stereocenters. The summed E-state index contributed by atoms with van der Waals surface area (Å²) in [6, 6.07) is 26.3. The largest absolute Gasteiger partial charge is 0.361 e. The van der Waals surface area contributed by atoms with Crippen LogP contribution in [0.25, 0.3) is 10.9 Å². The van der Waals surface area contributed by atoms with E-state index in [0.29, 0.717) is 6.54 Å². The third-order valence-corrected chi connectivity index (χ3v) is 5.17. The number of fused-ring (bicyclic) bond motifs is 2. The lowest BCUT2D eigenvalue weighted by molar-refractivity contribution is 0.0737. The van der Waals surface area contributed by atoms with Gasteiger partial charge in [-0.1, -0.05) is 66.7 Å². The fraction of sp³-hybridized carbons (Fsp3) is 0.0870. The van der Waals surface area contributed by atoms with E-state index in [1.165, 1.54) is 5.39 Å². The van der Waals surface area contributed by atoms with Crippen LogP contribution >= 0.6 is 0 Å². The van der Waals surface area contributed by atoms with Gasteiger partial charge in [0.2, 0.25) is 0 Å². The standard InChI is InChI=1S/C23H18N2O/c26-23-19-12-5-4-11-18(19)22(25(23)15-16-8-2-1-3-9-16)20-14-24-21-13-7-6-10-17(20)21/h1-14,22,24H,15H2. The van der Waals surface area contributed by atoms with Crippen molar-refractivity contribution in [2.24, 2.45) is 0 Å². The molecule has 0 spiro atoms. The quantitative estimate of drug-likeness (QED) is 0.566. The number of nitrogens with one attached hydrogen (secondary N) is 1. The van der Waals surface area contributed by atoms with E-state index in [1.807, 2.05) is 59.6 Å². The van der Waals surface area contributed by atoms with E-state index < -0.39 is 0 Å². The Bertz CT molecular complexity index is 1100. The van der Waals surface area contributed by atoms with Gasteiger partial charge < -0.3 is 9.88 Å². The molecule has 0 radical (unpaired) electrons. The number of benzene rings is 3. The molecule has 3 aromatic carbocycles. The Hall–Kier alpha value is -3.33. The van der Waals surface area contributed by atoms with Crippen LogP contribution in [0.2, 0.25) is 0 Å². The van der Waals surface area contributed by atoms with Gasteiger partial charge in [0.25, 0.3) is 5.91 Å². The number of rotatable bonds is 3. The first-order valence-electron chi connectivity index (χ1n) is 8.83. The van der Waals surface area contributed by atoms with Gasteiger partial charge in [0, 0.05) is 34.8 Å². The number of aromatic amines is 1. The summed E-state index contributed by atoms with van der Waals surface area (Å²) >= 11 is 0. The molecule has 0 saturated heterocycles. The number of carbonyl (C=O) groups is 1. The lowest BCUT2D eigenvalue weighted by Crippen LogP contribution is -2.28. The summed E-state index contributed by atoms with van der Waals surface area (Å²) in [5.74, 6) is 0.0970. The molecule has 1 N–H and O–H groups in total.